The minimum absolute atomic E-state index is 0.217. The third kappa shape index (κ3) is 2.44. The van der Waals surface area contributed by atoms with Gasteiger partial charge in [0.05, 0.1) is 6.10 Å². The zero-order valence-electron chi connectivity index (χ0n) is 7.13. The molecule has 0 amide bonds. The Kier molecular flexibility index (Phi) is 3.34. The van der Waals surface area contributed by atoms with Crippen molar-refractivity contribution in [1.29, 1.82) is 0 Å². The lowest BCUT2D eigenvalue weighted by Gasteiger charge is -2.25. The van der Waals surface area contributed by atoms with E-state index >= 15 is 0 Å². The second-order valence-corrected chi connectivity index (χ2v) is 10.8. The fraction of sp³-hybridized carbons (Fsp3) is 1.00. The summed E-state index contributed by atoms with van der Waals surface area (Å²) in [6.45, 7) is 0. The molecular formula is C7H13O2PS3. The first kappa shape index (κ1) is 10.8. The molecule has 13 heavy (non-hydrogen) atoms. The molecular weight excluding hydrogens is 243 g/mol. The maximum absolute atomic E-state index is 9.60. The van der Waals surface area contributed by atoms with Crippen molar-refractivity contribution in [3.63, 3.8) is 0 Å². The fourth-order valence-corrected chi connectivity index (χ4v) is 4.27. The smallest absolute Gasteiger partial charge is 0.255 e. The number of hydrogen-bond acceptors (Lipinski definition) is 4. The highest BCUT2D eigenvalue weighted by atomic mass is 33.4. The summed E-state index contributed by atoms with van der Waals surface area (Å²) in [5, 5.41) is 0. The molecule has 2 bridgehead atoms. The molecule has 2 fully saturated rings. The van der Waals surface area contributed by atoms with Crippen LogP contribution in [0.25, 0.3) is 0 Å². The van der Waals surface area contributed by atoms with Crippen LogP contribution in [0.4, 0.5) is 0 Å². The zero-order valence-corrected chi connectivity index (χ0v) is 10.5. The Balaban J connectivity index is 1.93. The first-order valence-corrected chi connectivity index (χ1v) is 9.60. The van der Waals surface area contributed by atoms with Crippen LogP contribution in [0.2, 0.25) is 0 Å². The van der Waals surface area contributed by atoms with Gasteiger partial charge in [-0.1, -0.05) is 0 Å². The molecule has 0 aromatic carbocycles. The quantitative estimate of drug-likeness (QED) is 0.461. The van der Waals surface area contributed by atoms with Crippen molar-refractivity contribution >= 4 is 39.6 Å². The molecule has 0 aromatic heterocycles. The highest BCUT2D eigenvalue weighted by molar-refractivity contribution is 8.98. The Hall–Kier alpha value is 1.27. The van der Waals surface area contributed by atoms with Crippen molar-refractivity contribution in [2.45, 2.75) is 31.8 Å². The highest BCUT2D eigenvalue weighted by Gasteiger charge is 2.42. The number of hydrogen-bond donors (Lipinski definition) is 2. The maximum atomic E-state index is 9.60. The molecule has 6 heteroatoms. The van der Waals surface area contributed by atoms with E-state index in [0.29, 0.717) is 5.92 Å². The molecule has 4 unspecified atom stereocenters. The van der Waals surface area contributed by atoms with Crippen LogP contribution in [-0.2, 0) is 16.3 Å². The average molecular weight is 256 g/mol. The molecule has 2 rings (SSSR count). The minimum atomic E-state index is -2.64. The predicted molar refractivity (Wildman–Crippen MR) is 63.4 cm³/mol. The van der Waals surface area contributed by atoms with E-state index in [1.807, 2.05) is 0 Å². The summed E-state index contributed by atoms with van der Waals surface area (Å²) in [6, 6.07) is 0. The van der Waals surface area contributed by atoms with Crippen LogP contribution in [0.1, 0.15) is 25.7 Å². The lowest BCUT2D eigenvalue weighted by atomic mass is 9.98. The molecule has 4 atom stereocenters. The largest absolute Gasteiger partial charge is 0.337 e. The Morgan fingerprint density at radius 3 is 2.69 bits per heavy atom. The van der Waals surface area contributed by atoms with E-state index in [4.69, 9.17) is 16.3 Å². The van der Waals surface area contributed by atoms with E-state index in [1.54, 1.807) is 0 Å². The molecule has 0 aromatic rings. The fourth-order valence-electron chi connectivity index (χ4n) is 2.51. The van der Waals surface area contributed by atoms with Crippen molar-refractivity contribution in [1.82, 2.24) is 0 Å². The Morgan fingerprint density at radius 2 is 2.23 bits per heavy atom. The molecule has 0 spiro atoms. The van der Waals surface area contributed by atoms with Crippen LogP contribution in [0.3, 0.4) is 0 Å². The molecule has 0 radical (unpaired) electrons. The van der Waals surface area contributed by atoms with E-state index in [9.17, 15) is 4.89 Å². The van der Waals surface area contributed by atoms with E-state index in [1.165, 1.54) is 19.3 Å². The Bertz CT molecular complexity index is 248. The molecule has 0 saturated heterocycles. The van der Waals surface area contributed by atoms with Gasteiger partial charge in [-0.2, -0.15) is 0 Å². The molecule has 2 saturated carbocycles. The van der Waals surface area contributed by atoms with E-state index in [0.717, 1.165) is 22.8 Å². The molecule has 2 aliphatic rings. The summed E-state index contributed by atoms with van der Waals surface area (Å²) in [5.74, 6) is 1.48. The van der Waals surface area contributed by atoms with Crippen LogP contribution < -0.4 is 0 Å². The van der Waals surface area contributed by atoms with Gasteiger partial charge >= 0.3 is 0 Å². The summed E-state index contributed by atoms with van der Waals surface area (Å²) in [7, 11) is 0.995. The van der Waals surface area contributed by atoms with Crippen molar-refractivity contribution in [2.75, 3.05) is 0 Å². The summed E-state index contributed by atoms with van der Waals surface area (Å²) >= 11 is 8.86. The van der Waals surface area contributed by atoms with Gasteiger partial charge in [0.25, 0.3) is 5.69 Å². The van der Waals surface area contributed by atoms with E-state index in [-0.39, 0.29) is 6.10 Å². The van der Waals surface area contributed by atoms with Crippen LogP contribution in [-0.4, -0.2) is 11.0 Å². The summed E-state index contributed by atoms with van der Waals surface area (Å²) in [4.78, 5) is 9.60. The van der Waals surface area contributed by atoms with Crippen molar-refractivity contribution in [3.05, 3.63) is 0 Å². The summed E-state index contributed by atoms with van der Waals surface area (Å²) < 4.78 is 5.55. The van der Waals surface area contributed by atoms with Gasteiger partial charge in [-0.3, -0.25) is 0 Å². The topological polar surface area (TPSA) is 29.5 Å². The predicted octanol–water partition coefficient (Wildman–Crippen LogP) is 2.99. The first-order chi connectivity index (χ1) is 6.11. The van der Waals surface area contributed by atoms with Gasteiger partial charge < -0.3 is 9.42 Å². The van der Waals surface area contributed by atoms with Gasteiger partial charge in [0.2, 0.25) is 0 Å². The number of thiol groups is 1. The second kappa shape index (κ2) is 4.03. The van der Waals surface area contributed by atoms with Crippen LogP contribution in [0, 0.1) is 11.8 Å². The highest BCUT2D eigenvalue weighted by Crippen LogP contribution is 2.62. The molecule has 1 N–H and O–H groups in total. The van der Waals surface area contributed by atoms with Gasteiger partial charge in [-0.05, 0) is 59.7 Å². The normalized spacial score (nSPS) is 42.2. The van der Waals surface area contributed by atoms with Crippen molar-refractivity contribution in [3.8, 4) is 0 Å². The Labute approximate surface area is 92.5 Å². The van der Waals surface area contributed by atoms with Crippen LogP contribution >= 0.6 is 27.8 Å². The van der Waals surface area contributed by atoms with Gasteiger partial charge in [0.1, 0.15) is 0 Å². The SMILES string of the molecule is OP(=S)(OC1CC2CCC1C2)SS. The number of fused-ring (bicyclic) bond motifs is 2. The minimum Gasteiger partial charge on any atom is -0.337 e. The lowest BCUT2D eigenvalue weighted by molar-refractivity contribution is 0.144. The molecule has 2 aliphatic carbocycles. The lowest BCUT2D eigenvalue weighted by Crippen LogP contribution is -2.18. The maximum Gasteiger partial charge on any atom is 0.255 e. The van der Waals surface area contributed by atoms with Crippen LogP contribution in [0.5, 0.6) is 0 Å². The van der Waals surface area contributed by atoms with Gasteiger partial charge in [0.15, 0.2) is 0 Å². The average Bonchev–Trinajstić information content (AvgIpc) is 2.64. The molecule has 76 valence electrons. The van der Waals surface area contributed by atoms with Crippen LogP contribution in [0.15, 0.2) is 0 Å². The van der Waals surface area contributed by atoms with Gasteiger partial charge in [-0.25, -0.2) is 0 Å². The van der Waals surface area contributed by atoms with Gasteiger partial charge in [0, 0.05) is 0 Å². The third-order valence-corrected chi connectivity index (χ3v) is 8.58. The second-order valence-electron chi connectivity index (χ2n) is 3.87. The summed E-state index contributed by atoms with van der Waals surface area (Å²) in [6.07, 6.45) is 5.18. The first-order valence-electron chi connectivity index (χ1n) is 4.45. The molecule has 0 heterocycles. The monoisotopic (exact) mass is 256 g/mol. The van der Waals surface area contributed by atoms with Crippen molar-refractivity contribution < 1.29 is 9.42 Å². The van der Waals surface area contributed by atoms with E-state index < -0.39 is 5.69 Å². The summed E-state index contributed by atoms with van der Waals surface area (Å²) in [5.41, 5.74) is -2.64. The van der Waals surface area contributed by atoms with Crippen molar-refractivity contribution in [2.24, 2.45) is 11.8 Å². The Morgan fingerprint density at radius 1 is 1.46 bits per heavy atom. The third-order valence-electron chi connectivity index (χ3n) is 3.04. The van der Waals surface area contributed by atoms with E-state index in [2.05, 4.69) is 11.7 Å². The van der Waals surface area contributed by atoms with Gasteiger partial charge in [-0.15, -0.1) is 11.7 Å². The number of rotatable bonds is 3. The standard InChI is InChI=1S/C7H13O2PS3/c8-10(11,13-12)9-7-4-5-1-2-6(7)3-5/h5-7,12H,1-4H2,(H,8,11). The molecule has 0 aliphatic heterocycles. The molecule has 2 nitrogen and oxygen atoms in total. The zero-order chi connectivity index (χ0) is 9.47.